The van der Waals surface area contributed by atoms with Crippen molar-refractivity contribution in [1.29, 1.82) is 0 Å². The topological polar surface area (TPSA) is 63.1 Å². The molecule has 0 radical (unpaired) electrons. The molecule has 0 amide bonds. The highest BCUT2D eigenvalue weighted by molar-refractivity contribution is 7.80. The highest BCUT2D eigenvalue weighted by atomic mass is 32.1. The van der Waals surface area contributed by atoms with Crippen LogP contribution in [-0.2, 0) is 4.79 Å². The van der Waals surface area contributed by atoms with Gasteiger partial charge in [-0.15, -0.1) is 0 Å². The molecule has 5 heteroatoms. The predicted molar refractivity (Wildman–Crippen MR) is 46.0 cm³/mol. The van der Waals surface area contributed by atoms with Gasteiger partial charge in [0.25, 0.3) is 0 Å². The zero-order chi connectivity index (χ0) is 8.97. The van der Waals surface area contributed by atoms with Crippen LogP contribution in [0.25, 0.3) is 0 Å². The van der Waals surface area contributed by atoms with E-state index in [1.165, 1.54) is 12.4 Å². The van der Waals surface area contributed by atoms with Gasteiger partial charge in [-0.25, -0.2) is 9.97 Å². The van der Waals surface area contributed by atoms with Gasteiger partial charge in [-0.3, -0.25) is 4.79 Å². The molecule has 0 aliphatic heterocycles. The Hall–Kier alpha value is -1.36. The van der Waals surface area contributed by atoms with Gasteiger partial charge in [-0.05, 0) is 6.07 Å². The van der Waals surface area contributed by atoms with Crippen molar-refractivity contribution in [2.75, 3.05) is 0 Å². The summed E-state index contributed by atoms with van der Waals surface area (Å²) in [6.45, 7) is 0. The van der Waals surface area contributed by atoms with Crippen LogP contribution in [-0.4, -0.2) is 25.9 Å². The Morgan fingerprint density at radius 3 is 2.58 bits per heavy atom. The standard InChI is InChI=1S/C7H6N2O2S/c10-6(11)4-5(12)7-8-2-1-3-9-7/h1-3H,4H2,(H,10,11). The number of nitrogens with zero attached hydrogens (tertiary/aromatic N) is 2. The minimum atomic E-state index is -0.965. The third-order valence-electron chi connectivity index (χ3n) is 1.13. The molecule has 1 heterocycles. The number of hydrogen-bond donors (Lipinski definition) is 1. The van der Waals surface area contributed by atoms with Crippen LogP contribution in [0.1, 0.15) is 12.2 Å². The molecular formula is C7H6N2O2S. The summed E-state index contributed by atoms with van der Waals surface area (Å²) in [7, 11) is 0. The van der Waals surface area contributed by atoms with Gasteiger partial charge in [0.2, 0.25) is 0 Å². The Balaban J connectivity index is 2.73. The molecule has 0 aliphatic rings. The van der Waals surface area contributed by atoms with Crippen LogP contribution in [0.5, 0.6) is 0 Å². The summed E-state index contributed by atoms with van der Waals surface area (Å²) in [6.07, 6.45) is 2.85. The maximum atomic E-state index is 10.2. The van der Waals surface area contributed by atoms with Crippen LogP contribution in [0.2, 0.25) is 0 Å². The van der Waals surface area contributed by atoms with E-state index in [4.69, 9.17) is 17.3 Å². The molecule has 1 aromatic rings. The number of carboxylic acids is 1. The Labute approximate surface area is 74.3 Å². The Morgan fingerprint density at radius 1 is 1.50 bits per heavy atom. The number of rotatable bonds is 3. The lowest BCUT2D eigenvalue weighted by Gasteiger charge is -1.96. The summed E-state index contributed by atoms with van der Waals surface area (Å²) in [5.41, 5.74) is 0. The second-order valence-corrected chi connectivity index (χ2v) is 2.56. The third-order valence-corrected chi connectivity index (χ3v) is 1.45. The van der Waals surface area contributed by atoms with Crippen molar-refractivity contribution in [2.24, 2.45) is 0 Å². The lowest BCUT2D eigenvalue weighted by molar-refractivity contribution is -0.135. The number of carboxylic acid groups (broad SMARTS) is 1. The number of carbonyl (C=O) groups is 1. The van der Waals surface area contributed by atoms with Crippen molar-refractivity contribution in [2.45, 2.75) is 6.42 Å². The van der Waals surface area contributed by atoms with Crippen molar-refractivity contribution in [1.82, 2.24) is 9.97 Å². The van der Waals surface area contributed by atoms with E-state index in [9.17, 15) is 4.79 Å². The Morgan fingerprint density at radius 2 is 2.08 bits per heavy atom. The number of hydrogen-bond acceptors (Lipinski definition) is 4. The van der Waals surface area contributed by atoms with Crippen molar-refractivity contribution < 1.29 is 9.90 Å². The molecule has 0 saturated heterocycles. The average molecular weight is 182 g/mol. The highest BCUT2D eigenvalue weighted by Crippen LogP contribution is 1.96. The summed E-state index contributed by atoms with van der Waals surface area (Å²) >= 11 is 4.79. The highest BCUT2D eigenvalue weighted by Gasteiger charge is 2.07. The van der Waals surface area contributed by atoms with Gasteiger partial charge in [-0.1, -0.05) is 12.2 Å². The van der Waals surface area contributed by atoms with Gasteiger partial charge >= 0.3 is 5.97 Å². The lowest BCUT2D eigenvalue weighted by Crippen LogP contribution is -2.08. The molecule has 0 spiro atoms. The molecule has 1 rings (SSSR count). The largest absolute Gasteiger partial charge is 0.481 e. The van der Waals surface area contributed by atoms with Gasteiger partial charge in [0.15, 0.2) is 5.82 Å². The van der Waals surface area contributed by atoms with Gasteiger partial charge in [0.05, 0.1) is 11.3 Å². The fourth-order valence-electron chi connectivity index (χ4n) is 0.659. The number of aromatic nitrogens is 2. The maximum absolute atomic E-state index is 10.2. The van der Waals surface area contributed by atoms with E-state index in [0.29, 0.717) is 5.82 Å². The summed E-state index contributed by atoms with van der Waals surface area (Å²) < 4.78 is 0. The van der Waals surface area contributed by atoms with Crippen LogP contribution in [0.3, 0.4) is 0 Å². The number of thiocarbonyl (C=S) groups is 1. The Kier molecular flexibility index (Phi) is 2.82. The first-order valence-electron chi connectivity index (χ1n) is 3.22. The summed E-state index contributed by atoms with van der Waals surface area (Å²) in [6, 6.07) is 1.65. The summed E-state index contributed by atoms with van der Waals surface area (Å²) in [5.74, 6) is -0.651. The first kappa shape index (κ1) is 8.73. The Bertz CT molecular complexity index is 300. The number of aliphatic carboxylic acids is 1. The summed E-state index contributed by atoms with van der Waals surface area (Å²) in [4.78, 5) is 18.1. The maximum Gasteiger partial charge on any atom is 0.308 e. The molecule has 0 fully saturated rings. The molecule has 0 aromatic carbocycles. The van der Waals surface area contributed by atoms with E-state index < -0.39 is 5.97 Å². The van der Waals surface area contributed by atoms with E-state index >= 15 is 0 Å². The van der Waals surface area contributed by atoms with Crippen molar-refractivity contribution >= 4 is 23.1 Å². The van der Waals surface area contributed by atoms with Gasteiger partial charge in [-0.2, -0.15) is 0 Å². The van der Waals surface area contributed by atoms with Gasteiger partial charge < -0.3 is 5.11 Å². The average Bonchev–Trinajstić information content (AvgIpc) is 2.05. The van der Waals surface area contributed by atoms with Gasteiger partial charge in [0.1, 0.15) is 0 Å². The van der Waals surface area contributed by atoms with Crippen molar-refractivity contribution in [3.63, 3.8) is 0 Å². The van der Waals surface area contributed by atoms with Gasteiger partial charge in [0, 0.05) is 12.4 Å². The molecule has 62 valence electrons. The van der Waals surface area contributed by atoms with Crippen LogP contribution in [0.15, 0.2) is 18.5 Å². The molecule has 0 bridgehead atoms. The van der Waals surface area contributed by atoms with Crippen LogP contribution in [0.4, 0.5) is 0 Å². The second-order valence-electron chi connectivity index (χ2n) is 2.07. The molecule has 1 aromatic heterocycles. The van der Waals surface area contributed by atoms with Crippen molar-refractivity contribution in [3.8, 4) is 0 Å². The third kappa shape index (κ3) is 2.35. The lowest BCUT2D eigenvalue weighted by atomic mass is 10.3. The predicted octanol–water partition coefficient (Wildman–Crippen LogP) is 0.669. The van der Waals surface area contributed by atoms with Crippen molar-refractivity contribution in [3.05, 3.63) is 24.3 Å². The van der Waals surface area contributed by atoms with Crippen LogP contribution >= 0.6 is 12.2 Å². The fourth-order valence-corrected chi connectivity index (χ4v) is 0.888. The minimum Gasteiger partial charge on any atom is -0.481 e. The SMILES string of the molecule is O=C(O)CC(=S)c1ncccn1. The first-order chi connectivity index (χ1) is 5.70. The quantitative estimate of drug-likeness (QED) is 0.549. The monoisotopic (exact) mass is 182 g/mol. The molecule has 1 N–H and O–H groups in total. The molecule has 0 atom stereocenters. The van der Waals surface area contributed by atoms with E-state index in [2.05, 4.69) is 9.97 Å². The van der Waals surface area contributed by atoms with Crippen LogP contribution < -0.4 is 0 Å². The normalized spacial score (nSPS) is 9.33. The smallest absolute Gasteiger partial charge is 0.308 e. The zero-order valence-corrected chi connectivity index (χ0v) is 6.91. The molecule has 0 aliphatic carbocycles. The van der Waals surface area contributed by atoms with E-state index in [-0.39, 0.29) is 11.3 Å². The first-order valence-corrected chi connectivity index (χ1v) is 3.63. The molecule has 4 nitrogen and oxygen atoms in total. The minimum absolute atomic E-state index is 0.195. The fraction of sp³-hybridized carbons (Fsp3) is 0.143. The molecular weight excluding hydrogens is 176 g/mol. The van der Waals surface area contributed by atoms with E-state index in [1.54, 1.807) is 6.07 Å². The van der Waals surface area contributed by atoms with E-state index in [1.807, 2.05) is 0 Å². The second kappa shape index (κ2) is 3.87. The molecule has 12 heavy (non-hydrogen) atoms. The van der Waals surface area contributed by atoms with E-state index in [0.717, 1.165) is 0 Å². The molecule has 0 saturated carbocycles. The molecule has 0 unspecified atom stereocenters. The zero-order valence-electron chi connectivity index (χ0n) is 6.10. The summed E-state index contributed by atoms with van der Waals surface area (Å²) in [5, 5.41) is 8.40. The van der Waals surface area contributed by atoms with Crippen LogP contribution in [0, 0.1) is 0 Å².